The van der Waals surface area contributed by atoms with Gasteiger partial charge in [0.1, 0.15) is 17.3 Å². The third kappa shape index (κ3) is 3.23. The number of aromatic nitrogens is 1. The summed E-state index contributed by atoms with van der Waals surface area (Å²) in [5.41, 5.74) is 2.43. The third-order valence-corrected chi connectivity index (χ3v) is 2.39. The molecule has 0 amide bonds. The number of nitrogens with two attached hydrogens (primary N) is 1. The molecule has 0 unspecified atom stereocenters. The molecule has 6 heteroatoms. The molecule has 1 aromatic carbocycles. The summed E-state index contributed by atoms with van der Waals surface area (Å²) < 4.78 is 5.58. The molecule has 1 aromatic heterocycles. The van der Waals surface area contributed by atoms with Gasteiger partial charge in [-0.15, -0.1) is 0 Å². The Kier molecular flexibility index (Phi) is 3.68. The smallest absolute Gasteiger partial charge is 0.143 e. The molecule has 4 nitrogen and oxygen atoms in total. The monoisotopic (exact) mass is 269 g/mol. The number of pyridine rings is 1. The average molecular weight is 270 g/mol. The molecule has 0 atom stereocenters. The first-order chi connectivity index (χ1) is 8.17. The second-order valence-electron chi connectivity index (χ2n) is 3.23. The first kappa shape index (κ1) is 12.0. The van der Waals surface area contributed by atoms with Gasteiger partial charge in [-0.3, -0.25) is 0 Å². The lowest BCUT2D eigenvalue weighted by Gasteiger charge is -2.07. The van der Waals surface area contributed by atoms with E-state index in [9.17, 15) is 0 Å². The van der Waals surface area contributed by atoms with Crippen molar-refractivity contribution in [2.45, 2.75) is 0 Å². The molecule has 0 radical (unpaired) electrons. The van der Waals surface area contributed by atoms with E-state index in [1.165, 1.54) is 0 Å². The number of hydrazine groups is 1. The number of hydrogen-bond donors (Lipinski definition) is 2. The number of rotatable bonds is 3. The summed E-state index contributed by atoms with van der Waals surface area (Å²) in [6.45, 7) is 0. The van der Waals surface area contributed by atoms with Crippen LogP contribution in [0.15, 0.2) is 36.5 Å². The van der Waals surface area contributed by atoms with Crippen LogP contribution < -0.4 is 16.0 Å². The SMILES string of the molecule is NNc1cc(Oc2cc(Cl)cc(Cl)c2)ccn1. The first-order valence-corrected chi connectivity index (χ1v) is 5.49. The Morgan fingerprint density at radius 3 is 2.41 bits per heavy atom. The van der Waals surface area contributed by atoms with E-state index in [-0.39, 0.29) is 0 Å². The van der Waals surface area contributed by atoms with Gasteiger partial charge in [0.05, 0.1) is 0 Å². The van der Waals surface area contributed by atoms with E-state index in [1.807, 2.05) is 0 Å². The standard InChI is InChI=1S/C11H9Cl2N3O/c12-7-3-8(13)5-10(4-7)17-9-1-2-15-11(6-9)16-14/h1-6H,14H2,(H,15,16). The molecule has 2 rings (SSSR count). The number of nitrogens with one attached hydrogen (secondary N) is 1. The van der Waals surface area contributed by atoms with E-state index in [1.54, 1.807) is 36.5 Å². The van der Waals surface area contributed by atoms with Crippen LogP contribution in [0, 0.1) is 0 Å². The molecule has 1 heterocycles. The van der Waals surface area contributed by atoms with E-state index in [2.05, 4.69) is 10.4 Å². The van der Waals surface area contributed by atoms with E-state index in [0.29, 0.717) is 27.4 Å². The van der Waals surface area contributed by atoms with Gasteiger partial charge in [0.2, 0.25) is 0 Å². The van der Waals surface area contributed by atoms with Crippen LogP contribution in [0.25, 0.3) is 0 Å². The van der Waals surface area contributed by atoms with Crippen LogP contribution in [0.5, 0.6) is 11.5 Å². The van der Waals surface area contributed by atoms with Crippen LogP contribution in [0.2, 0.25) is 10.0 Å². The van der Waals surface area contributed by atoms with E-state index in [4.69, 9.17) is 33.8 Å². The number of nitrogens with zero attached hydrogens (tertiary/aromatic N) is 1. The van der Waals surface area contributed by atoms with Crippen LogP contribution in [0.1, 0.15) is 0 Å². The molecule has 3 N–H and O–H groups in total. The lowest BCUT2D eigenvalue weighted by molar-refractivity contribution is 0.482. The summed E-state index contributed by atoms with van der Waals surface area (Å²) in [6.07, 6.45) is 1.58. The van der Waals surface area contributed by atoms with Crippen molar-refractivity contribution in [1.82, 2.24) is 4.98 Å². The number of anilines is 1. The highest BCUT2D eigenvalue weighted by atomic mass is 35.5. The summed E-state index contributed by atoms with van der Waals surface area (Å²) in [4.78, 5) is 3.97. The normalized spacial score (nSPS) is 10.1. The lowest BCUT2D eigenvalue weighted by atomic mass is 10.3. The molecule has 17 heavy (non-hydrogen) atoms. The maximum absolute atomic E-state index is 5.87. The largest absolute Gasteiger partial charge is 0.457 e. The molecule has 0 fully saturated rings. The zero-order valence-electron chi connectivity index (χ0n) is 8.65. The van der Waals surface area contributed by atoms with Gasteiger partial charge in [-0.2, -0.15) is 0 Å². The van der Waals surface area contributed by atoms with Crippen LogP contribution >= 0.6 is 23.2 Å². The van der Waals surface area contributed by atoms with Gasteiger partial charge in [-0.1, -0.05) is 23.2 Å². The van der Waals surface area contributed by atoms with Gasteiger partial charge >= 0.3 is 0 Å². The van der Waals surface area contributed by atoms with Gasteiger partial charge in [-0.25, -0.2) is 10.8 Å². The van der Waals surface area contributed by atoms with Crippen molar-refractivity contribution in [3.8, 4) is 11.5 Å². The number of halogens is 2. The maximum Gasteiger partial charge on any atom is 0.143 e. The van der Waals surface area contributed by atoms with Crippen LogP contribution in [-0.4, -0.2) is 4.98 Å². The van der Waals surface area contributed by atoms with E-state index < -0.39 is 0 Å². The highest BCUT2D eigenvalue weighted by Gasteiger charge is 2.02. The lowest BCUT2D eigenvalue weighted by Crippen LogP contribution is -2.08. The summed E-state index contributed by atoms with van der Waals surface area (Å²) in [6, 6.07) is 8.34. The minimum Gasteiger partial charge on any atom is -0.457 e. The Hall–Kier alpha value is -1.49. The number of ether oxygens (including phenoxy) is 1. The molecule has 0 aliphatic rings. The molecular weight excluding hydrogens is 261 g/mol. The molecule has 2 aromatic rings. The zero-order valence-corrected chi connectivity index (χ0v) is 10.2. The van der Waals surface area contributed by atoms with Crippen molar-refractivity contribution in [3.05, 3.63) is 46.6 Å². The van der Waals surface area contributed by atoms with Crippen LogP contribution in [0.4, 0.5) is 5.82 Å². The fourth-order valence-corrected chi connectivity index (χ4v) is 1.78. The third-order valence-electron chi connectivity index (χ3n) is 1.95. The van der Waals surface area contributed by atoms with Gasteiger partial charge < -0.3 is 10.2 Å². The second kappa shape index (κ2) is 5.23. The molecule has 88 valence electrons. The van der Waals surface area contributed by atoms with Crippen molar-refractivity contribution in [3.63, 3.8) is 0 Å². The van der Waals surface area contributed by atoms with Gasteiger partial charge in [0, 0.05) is 22.3 Å². The zero-order chi connectivity index (χ0) is 12.3. The maximum atomic E-state index is 5.87. The summed E-state index contributed by atoms with van der Waals surface area (Å²) in [5.74, 6) is 6.90. The van der Waals surface area contributed by atoms with Gasteiger partial charge in [0.25, 0.3) is 0 Å². The summed E-state index contributed by atoms with van der Waals surface area (Å²) >= 11 is 11.7. The van der Waals surface area contributed by atoms with Crippen molar-refractivity contribution >= 4 is 29.0 Å². The Bertz CT molecular complexity index is 514. The second-order valence-corrected chi connectivity index (χ2v) is 4.10. The molecule has 0 aliphatic heterocycles. The topological polar surface area (TPSA) is 60.2 Å². The number of nitrogen functional groups attached to an aromatic ring is 1. The average Bonchev–Trinajstić information content (AvgIpc) is 2.28. The molecule has 0 bridgehead atoms. The van der Waals surface area contributed by atoms with Crippen molar-refractivity contribution < 1.29 is 4.74 Å². The Balaban J connectivity index is 2.24. The number of benzene rings is 1. The molecule has 0 saturated carbocycles. The summed E-state index contributed by atoms with van der Waals surface area (Å²) in [5, 5.41) is 1.03. The fourth-order valence-electron chi connectivity index (χ4n) is 1.28. The Labute approximate surface area is 108 Å². The van der Waals surface area contributed by atoms with Gasteiger partial charge in [-0.05, 0) is 24.3 Å². The van der Waals surface area contributed by atoms with Crippen molar-refractivity contribution in [1.29, 1.82) is 0 Å². The summed E-state index contributed by atoms with van der Waals surface area (Å²) in [7, 11) is 0. The minimum atomic E-state index is 0.510. The minimum absolute atomic E-state index is 0.510. The Morgan fingerprint density at radius 2 is 1.76 bits per heavy atom. The Morgan fingerprint density at radius 1 is 1.06 bits per heavy atom. The van der Waals surface area contributed by atoms with Gasteiger partial charge in [0.15, 0.2) is 0 Å². The van der Waals surface area contributed by atoms with Crippen molar-refractivity contribution in [2.24, 2.45) is 5.84 Å². The molecule has 0 saturated heterocycles. The molecular formula is C11H9Cl2N3O. The highest BCUT2D eigenvalue weighted by Crippen LogP contribution is 2.28. The predicted octanol–water partition coefficient (Wildman–Crippen LogP) is 3.47. The number of hydrogen-bond acceptors (Lipinski definition) is 4. The van der Waals surface area contributed by atoms with E-state index >= 15 is 0 Å². The fraction of sp³-hybridized carbons (Fsp3) is 0. The van der Waals surface area contributed by atoms with E-state index in [0.717, 1.165) is 0 Å². The molecule has 0 spiro atoms. The van der Waals surface area contributed by atoms with Crippen LogP contribution in [-0.2, 0) is 0 Å². The van der Waals surface area contributed by atoms with Crippen LogP contribution in [0.3, 0.4) is 0 Å². The predicted molar refractivity (Wildman–Crippen MR) is 68.6 cm³/mol. The highest BCUT2D eigenvalue weighted by molar-refractivity contribution is 6.34. The van der Waals surface area contributed by atoms with Crippen molar-refractivity contribution in [2.75, 3.05) is 5.43 Å². The first-order valence-electron chi connectivity index (χ1n) is 4.74. The quantitative estimate of drug-likeness (QED) is 0.662. The molecule has 0 aliphatic carbocycles.